The summed E-state index contributed by atoms with van der Waals surface area (Å²) in [7, 11) is 1.58. The van der Waals surface area contributed by atoms with Crippen LogP contribution in [-0.4, -0.2) is 34.9 Å². The summed E-state index contributed by atoms with van der Waals surface area (Å²) < 4.78 is 6.86. The van der Waals surface area contributed by atoms with Crippen LogP contribution < -0.4 is 15.6 Å². The highest BCUT2D eigenvalue weighted by Gasteiger charge is 2.15. The van der Waals surface area contributed by atoms with E-state index in [0.717, 1.165) is 12.8 Å². The number of methoxy groups -OCH3 is 1. The summed E-state index contributed by atoms with van der Waals surface area (Å²) >= 11 is 1.25. The van der Waals surface area contributed by atoms with Gasteiger partial charge in [0.15, 0.2) is 5.16 Å². The maximum atomic E-state index is 13.3. The molecule has 0 aliphatic heterocycles. The van der Waals surface area contributed by atoms with E-state index in [9.17, 15) is 9.59 Å². The Morgan fingerprint density at radius 2 is 1.82 bits per heavy atom. The van der Waals surface area contributed by atoms with Crippen molar-refractivity contribution in [2.24, 2.45) is 0 Å². The molecule has 1 heterocycles. The Kier molecular flexibility index (Phi) is 7.42. The number of carbonyl (C=O) groups is 1. The molecule has 4 aromatic rings. The summed E-state index contributed by atoms with van der Waals surface area (Å²) in [5.41, 5.74) is 2.32. The first-order valence-corrected chi connectivity index (χ1v) is 11.7. The second-order valence-electron chi connectivity index (χ2n) is 7.48. The summed E-state index contributed by atoms with van der Waals surface area (Å²) in [6.07, 6.45) is 1.78. The van der Waals surface area contributed by atoms with Gasteiger partial charge in [-0.3, -0.25) is 14.2 Å². The topological polar surface area (TPSA) is 73.2 Å². The standard InChI is InChI=1S/C26H25N3O3S/c1-32-21-13-7-12-20(17-21)29-25(31)22-14-5-6-15-23(22)28-26(29)33-18-24(30)27-16-8-11-19-9-3-2-4-10-19/h2-7,9-10,12-15,17H,8,11,16,18H2,1H3,(H,27,30). The van der Waals surface area contributed by atoms with Crippen molar-refractivity contribution in [1.29, 1.82) is 0 Å². The molecule has 33 heavy (non-hydrogen) atoms. The van der Waals surface area contributed by atoms with E-state index < -0.39 is 0 Å². The molecule has 0 saturated carbocycles. The molecule has 0 atom stereocenters. The number of rotatable bonds is 9. The Morgan fingerprint density at radius 3 is 2.64 bits per heavy atom. The fraction of sp³-hybridized carbons (Fsp3) is 0.192. The molecule has 0 spiro atoms. The molecular formula is C26H25N3O3S. The molecule has 4 rings (SSSR count). The molecule has 1 amide bonds. The van der Waals surface area contributed by atoms with Crippen molar-refractivity contribution in [3.8, 4) is 11.4 Å². The predicted molar refractivity (Wildman–Crippen MR) is 132 cm³/mol. The van der Waals surface area contributed by atoms with Crippen molar-refractivity contribution >= 4 is 28.6 Å². The molecule has 1 N–H and O–H groups in total. The largest absolute Gasteiger partial charge is 0.497 e. The maximum absolute atomic E-state index is 13.3. The number of para-hydroxylation sites is 1. The zero-order valence-corrected chi connectivity index (χ0v) is 19.2. The summed E-state index contributed by atoms with van der Waals surface area (Å²) in [6, 6.07) is 24.7. The van der Waals surface area contributed by atoms with Gasteiger partial charge in [0.25, 0.3) is 5.56 Å². The molecule has 0 aliphatic carbocycles. The Labute approximate surface area is 196 Å². The molecule has 0 aliphatic rings. The Balaban J connectivity index is 1.49. The van der Waals surface area contributed by atoms with E-state index in [2.05, 4.69) is 22.4 Å². The number of carbonyl (C=O) groups excluding carboxylic acids is 1. The number of aromatic nitrogens is 2. The van der Waals surface area contributed by atoms with Crippen LogP contribution in [0.15, 0.2) is 88.8 Å². The number of benzene rings is 3. The van der Waals surface area contributed by atoms with E-state index >= 15 is 0 Å². The number of hydrogen-bond donors (Lipinski definition) is 1. The maximum Gasteiger partial charge on any atom is 0.266 e. The van der Waals surface area contributed by atoms with Gasteiger partial charge in [-0.05, 0) is 42.7 Å². The van der Waals surface area contributed by atoms with Crippen molar-refractivity contribution in [3.63, 3.8) is 0 Å². The third-order valence-electron chi connectivity index (χ3n) is 5.20. The van der Waals surface area contributed by atoms with Gasteiger partial charge in [0.1, 0.15) is 5.75 Å². The molecule has 0 radical (unpaired) electrons. The lowest BCUT2D eigenvalue weighted by atomic mass is 10.1. The van der Waals surface area contributed by atoms with E-state index in [1.54, 1.807) is 25.3 Å². The van der Waals surface area contributed by atoms with Gasteiger partial charge in [0.05, 0.1) is 29.5 Å². The molecule has 0 fully saturated rings. The number of thioether (sulfide) groups is 1. The van der Waals surface area contributed by atoms with Crippen molar-refractivity contribution in [3.05, 3.63) is 94.8 Å². The molecule has 0 unspecified atom stereocenters. The minimum atomic E-state index is -0.181. The number of ether oxygens (including phenoxy) is 1. The van der Waals surface area contributed by atoms with Gasteiger partial charge >= 0.3 is 0 Å². The number of aryl methyl sites for hydroxylation is 1. The zero-order valence-electron chi connectivity index (χ0n) is 18.4. The van der Waals surface area contributed by atoms with Gasteiger partial charge in [-0.15, -0.1) is 0 Å². The fourth-order valence-electron chi connectivity index (χ4n) is 3.53. The average Bonchev–Trinajstić information content (AvgIpc) is 2.86. The number of nitrogens with zero attached hydrogens (tertiary/aromatic N) is 2. The lowest BCUT2D eigenvalue weighted by molar-refractivity contribution is -0.118. The van der Waals surface area contributed by atoms with Crippen LogP contribution in [0.5, 0.6) is 5.75 Å². The minimum absolute atomic E-state index is 0.0901. The first-order chi connectivity index (χ1) is 16.2. The van der Waals surface area contributed by atoms with E-state index in [1.807, 2.05) is 48.5 Å². The Morgan fingerprint density at radius 1 is 1.03 bits per heavy atom. The lowest BCUT2D eigenvalue weighted by Crippen LogP contribution is -2.27. The van der Waals surface area contributed by atoms with Gasteiger partial charge in [-0.2, -0.15) is 0 Å². The van der Waals surface area contributed by atoms with Crippen LogP contribution in [0.3, 0.4) is 0 Å². The molecule has 0 bridgehead atoms. The lowest BCUT2D eigenvalue weighted by Gasteiger charge is -2.14. The van der Waals surface area contributed by atoms with E-state index in [-0.39, 0.29) is 17.2 Å². The number of fused-ring (bicyclic) bond motifs is 1. The number of nitrogens with one attached hydrogen (secondary N) is 1. The van der Waals surface area contributed by atoms with Crippen molar-refractivity contribution in [2.75, 3.05) is 19.4 Å². The van der Waals surface area contributed by atoms with Gasteiger partial charge in [-0.25, -0.2) is 4.98 Å². The molecule has 3 aromatic carbocycles. The van der Waals surface area contributed by atoms with Crippen LogP contribution in [-0.2, 0) is 11.2 Å². The second-order valence-corrected chi connectivity index (χ2v) is 8.42. The molecule has 0 saturated heterocycles. The van der Waals surface area contributed by atoms with E-state index in [0.29, 0.717) is 34.0 Å². The van der Waals surface area contributed by atoms with Crippen LogP contribution in [0.2, 0.25) is 0 Å². The SMILES string of the molecule is COc1cccc(-n2c(SCC(=O)NCCCc3ccccc3)nc3ccccc3c2=O)c1. The van der Waals surface area contributed by atoms with Crippen molar-refractivity contribution in [2.45, 2.75) is 18.0 Å². The van der Waals surface area contributed by atoms with Gasteiger partial charge < -0.3 is 10.1 Å². The zero-order chi connectivity index (χ0) is 23.0. The fourth-order valence-corrected chi connectivity index (χ4v) is 4.38. The molecule has 6 nitrogen and oxygen atoms in total. The first-order valence-electron chi connectivity index (χ1n) is 10.8. The number of hydrogen-bond acceptors (Lipinski definition) is 5. The van der Waals surface area contributed by atoms with Crippen LogP contribution in [0.1, 0.15) is 12.0 Å². The summed E-state index contributed by atoms with van der Waals surface area (Å²) in [5, 5.41) is 3.94. The van der Waals surface area contributed by atoms with Crippen molar-refractivity contribution in [1.82, 2.24) is 14.9 Å². The summed E-state index contributed by atoms with van der Waals surface area (Å²) in [6.45, 7) is 0.599. The Hall–Kier alpha value is -3.58. The average molecular weight is 460 g/mol. The highest BCUT2D eigenvalue weighted by molar-refractivity contribution is 7.99. The molecule has 1 aromatic heterocycles. The van der Waals surface area contributed by atoms with Gasteiger partial charge in [-0.1, -0.05) is 60.3 Å². The Bertz CT molecular complexity index is 1310. The third kappa shape index (κ3) is 5.62. The van der Waals surface area contributed by atoms with Crippen molar-refractivity contribution < 1.29 is 9.53 Å². The number of amides is 1. The van der Waals surface area contributed by atoms with Crippen LogP contribution >= 0.6 is 11.8 Å². The highest BCUT2D eigenvalue weighted by Crippen LogP contribution is 2.23. The predicted octanol–water partition coefficient (Wildman–Crippen LogP) is 4.24. The highest BCUT2D eigenvalue weighted by atomic mass is 32.2. The quantitative estimate of drug-likeness (QED) is 0.230. The normalized spacial score (nSPS) is 10.8. The van der Waals surface area contributed by atoms with Crippen LogP contribution in [0.4, 0.5) is 0 Å². The van der Waals surface area contributed by atoms with Gasteiger partial charge in [0, 0.05) is 12.6 Å². The molecule has 7 heteroatoms. The van der Waals surface area contributed by atoms with Gasteiger partial charge in [0.2, 0.25) is 5.91 Å². The van der Waals surface area contributed by atoms with E-state index in [1.165, 1.54) is 21.9 Å². The van der Waals surface area contributed by atoms with Crippen LogP contribution in [0.25, 0.3) is 16.6 Å². The third-order valence-corrected chi connectivity index (χ3v) is 6.13. The molecular weight excluding hydrogens is 434 g/mol. The summed E-state index contributed by atoms with van der Waals surface area (Å²) in [4.78, 5) is 30.4. The minimum Gasteiger partial charge on any atom is -0.497 e. The first kappa shape index (κ1) is 22.6. The second kappa shape index (κ2) is 10.8. The van der Waals surface area contributed by atoms with Crippen LogP contribution in [0, 0.1) is 0 Å². The summed E-state index contributed by atoms with van der Waals surface area (Å²) in [5.74, 6) is 0.715. The smallest absolute Gasteiger partial charge is 0.266 e. The molecule has 168 valence electrons. The monoisotopic (exact) mass is 459 g/mol. The van der Waals surface area contributed by atoms with E-state index in [4.69, 9.17) is 4.74 Å².